The van der Waals surface area contributed by atoms with E-state index in [1.807, 2.05) is 30.3 Å². The van der Waals surface area contributed by atoms with Crippen molar-refractivity contribution in [2.45, 2.75) is 0 Å². The lowest BCUT2D eigenvalue weighted by molar-refractivity contribution is 0.112. The number of carbonyl (C=O) groups is 1. The Morgan fingerprint density at radius 1 is 0.944 bits per heavy atom. The molecule has 0 aromatic heterocycles. The van der Waals surface area contributed by atoms with Crippen molar-refractivity contribution in [1.82, 2.24) is 0 Å². The third-order valence-electron chi connectivity index (χ3n) is 2.79. The molecule has 0 bridgehead atoms. The maximum atomic E-state index is 11.1. The van der Waals surface area contributed by atoms with Crippen LogP contribution in [0.1, 0.15) is 10.4 Å². The van der Waals surface area contributed by atoms with Gasteiger partial charge >= 0.3 is 0 Å². The molecule has 0 aliphatic heterocycles. The van der Waals surface area contributed by atoms with E-state index in [2.05, 4.69) is 0 Å². The molecule has 0 amide bonds. The quantitative estimate of drug-likeness (QED) is 0.772. The van der Waals surface area contributed by atoms with Crippen LogP contribution in [-0.2, 0) is 0 Å². The van der Waals surface area contributed by atoms with Gasteiger partial charge in [0, 0.05) is 17.2 Å². The summed E-state index contributed by atoms with van der Waals surface area (Å²) >= 11 is 0. The fourth-order valence-corrected chi connectivity index (χ4v) is 1.87. The van der Waals surface area contributed by atoms with E-state index in [4.69, 9.17) is 9.47 Å². The van der Waals surface area contributed by atoms with Gasteiger partial charge in [-0.3, -0.25) is 4.79 Å². The molecule has 2 aromatic carbocycles. The SMILES string of the molecule is COc1ccc(-c2ccccc2C=O)c(OC)c1. The van der Waals surface area contributed by atoms with Crippen molar-refractivity contribution in [1.29, 1.82) is 0 Å². The van der Waals surface area contributed by atoms with E-state index in [0.29, 0.717) is 11.3 Å². The minimum Gasteiger partial charge on any atom is -0.497 e. The first-order valence-electron chi connectivity index (χ1n) is 5.56. The topological polar surface area (TPSA) is 35.5 Å². The summed E-state index contributed by atoms with van der Waals surface area (Å²) in [5.74, 6) is 1.41. The van der Waals surface area contributed by atoms with Gasteiger partial charge in [0.2, 0.25) is 0 Å². The summed E-state index contributed by atoms with van der Waals surface area (Å²) in [7, 11) is 3.20. The molecule has 0 aliphatic carbocycles. The Morgan fingerprint density at radius 2 is 1.72 bits per heavy atom. The van der Waals surface area contributed by atoms with E-state index in [-0.39, 0.29) is 0 Å². The molecule has 0 N–H and O–H groups in total. The van der Waals surface area contributed by atoms with Gasteiger partial charge in [0.1, 0.15) is 11.5 Å². The summed E-state index contributed by atoms with van der Waals surface area (Å²) in [6.07, 6.45) is 0.846. The molecule has 18 heavy (non-hydrogen) atoms. The fraction of sp³-hybridized carbons (Fsp3) is 0.133. The lowest BCUT2D eigenvalue weighted by atomic mass is 9.99. The third-order valence-corrected chi connectivity index (χ3v) is 2.79. The van der Waals surface area contributed by atoms with Crippen molar-refractivity contribution in [3.63, 3.8) is 0 Å². The number of hydrogen-bond donors (Lipinski definition) is 0. The molecule has 0 heterocycles. The van der Waals surface area contributed by atoms with Gasteiger partial charge in [0.25, 0.3) is 0 Å². The van der Waals surface area contributed by atoms with E-state index in [9.17, 15) is 4.79 Å². The molecule has 0 saturated carbocycles. The number of rotatable bonds is 4. The maximum Gasteiger partial charge on any atom is 0.150 e. The van der Waals surface area contributed by atoms with Gasteiger partial charge in [-0.25, -0.2) is 0 Å². The summed E-state index contributed by atoms with van der Waals surface area (Å²) < 4.78 is 10.5. The fourth-order valence-electron chi connectivity index (χ4n) is 1.87. The first-order chi connectivity index (χ1) is 8.80. The molecule has 0 unspecified atom stereocenters. The molecule has 92 valence electrons. The molecule has 2 aromatic rings. The van der Waals surface area contributed by atoms with Crippen LogP contribution >= 0.6 is 0 Å². The largest absolute Gasteiger partial charge is 0.497 e. The van der Waals surface area contributed by atoms with Crippen LogP contribution in [0, 0.1) is 0 Å². The number of benzene rings is 2. The number of carbonyl (C=O) groups excluding carboxylic acids is 1. The average molecular weight is 242 g/mol. The van der Waals surface area contributed by atoms with Gasteiger partial charge in [-0.1, -0.05) is 24.3 Å². The second-order valence-corrected chi connectivity index (χ2v) is 3.77. The minimum atomic E-state index is 0.640. The van der Waals surface area contributed by atoms with Crippen molar-refractivity contribution in [2.24, 2.45) is 0 Å². The lowest BCUT2D eigenvalue weighted by Gasteiger charge is -2.11. The highest BCUT2D eigenvalue weighted by Gasteiger charge is 2.10. The van der Waals surface area contributed by atoms with Crippen LogP contribution in [0.25, 0.3) is 11.1 Å². The Kier molecular flexibility index (Phi) is 3.63. The first-order valence-corrected chi connectivity index (χ1v) is 5.56. The molecule has 3 heteroatoms. The van der Waals surface area contributed by atoms with Crippen molar-refractivity contribution in [3.05, 3.63) is 48.0 Å². The smallest absolute Gasteiger partial charge is 0.150 e. The summed E-state index contributed by atoms with van der Waals surface area (Å²) in [6, 6.07) is 13.0. The zero-order chi connectivity index (χ0) is 13.0. The standard InChI is InChI=1S/C15H14O3/c1-17-12-7-8-14(15(9-12)18-2)13-6-4-3-5-11(13)10-16/h3-10H,1-2H3. The van der Waals surface area contributed by atoms with Crippen LogP contribution in [0.5, 0.6) is 11.5 Å². The maximum absolute atomic E-state index is 11.1. The molecule has 0 saturated heterocycles. The number of hydrogen-bond acceptors (Lipinski definition) is 3. The van der Waals surface area contributed by atoms with Crippen LogP contribution in [-0.4, -0.2) is 20.5 Å². The summed E-state index contributed by atoms with van der Waals surface area (Å²) in [5, 5.41) is 0. The monoisotopic (exact) mass is 242 g/mol. The van der Waals surface area contributed by atoms with E-state index in [0.717, 1.165) is 23.2 Å². The zero-order valence-corrected chi connectivity index (χ0v) is 10.3. The van der Waals surface area contributed by atoms with Crippen LogP contribution < -0.4 is 9.47 Å². The second kappa shape index (κ2) is 5.36. The highest BCUT2D eigenvalue weighted by atomic mass is 16.5. The molecule has 0 spiro atoms. The number of aldehydes is 1. The van der Waals surface area contributed by atoms with Crippen LogP contribution in [0.2, 0.25) is 0 Å². The van der Waals surface area contributed by atoms with Crippen molar-refractivity contribution < 1.29 is 14.3 Å². The normalized spacial score (nSPS) is 9.89. The van der Waals surface area contributed by atoms with Gasteiger partial charge in [-0.05, 0) is 17.7 Å². The summed E-state index contributed by atoms with van der Waals surface area (Å²) in [4.78, 5) is 11.1. The Labute approximate surface area is 106 Å². The third kappa shape index (κ3) is 2.20. The summed E-state index contributed by atoms with van der Waals surface area (Å²) in [6.45, 7) is 0. The first kappa shape index (κ1) is 12.2. The van der Waals surface area contributed by atoms with Gasteiger partial charge < -0.3 is 9.47 Å². The predicted octanol–water partition coefficient (Wildman–Crippen LogP) is 3.18. The van der Waals surface area contributed by atoms with Gasteiger partial charge in [0.05, 0.1) is 14.2 Å². The Hall–Kier alpha value is -2.29. The van der Waals surface area contributed by atoms with Crippen LogP contribution in [0.3, 0.4) is 0 Å². The molecule has 0 atom stereocenters. The second-order valence-electron chi connectivity index (χ2n) is 3.77. The van der Waals surface area contributed by atoms with E-state index in [1.165, 1.54) is 0 Å². The Balaban J connectivity index is 2.59. The molecule has 3 nitrogen and oxygen atoms in total. The van der Waals surface area contributed by atoms with Crippen LogP contribution in [0.4, 0.5) is 0 Å². The molecular weight excluding hydrogens is 228 g/mol. The van der Waals surface area contributed by atoms with E-state index >= 15 is 0 Å². The van der Waals surface area contributed by atoms with Crippen molar-refractivity contribution in [2.75, 3.05) is 14.2 Å². The molecule has 2 rings (SSSR count). The van der Waals surface area contributed by atoms with Crippen LogP contribution in [0.15, 0.2) is 42.5 Å². The van der Waals surface area contributed by atoms with E-state index < -0.39 is 0 Å². The molecule has 0 aliphatic rings. The minimum absolute atomic E-state index is 0.640. The predicted molar refractivity (Wildman–Crippen MR) is 70.4 cm³/mol. The van der Waals surface area contributed by atoms with Crippen molar-refractivity contribution in [3.8, 4) is 22.6 Å². The Bertz CT molecular complexity index is 561. The Morgan fingerprint density at radius 3 is 2.39 bits per heavy atom. The number of methoxy groups -OCH3 is 2. The van der Waals surface area contributed by atoms with Gasteiger partial charge in [0.15, 0.2) is 6.29 Å². The van der Waals surface area contributed by atoms with E-state index in [1.54, 1.807) is 26.4 Å². The highest BCUT2D eigenvalue weighted by molar-refractivity contribution is 5.89. The van der Waals surface area contributed by atoms with Gasteiger partial charge in [-0.15, -0.1) is 0 Å². The van der Waals surface area contributed by atoms with Gasteiger partial charge in [-0.2, -0.15) is 0 Å². The number of ether oxygens (including phenoxy) is 2. The molecule has 0 radical (unpaired) electrons. The molecular formula is C15H14O3. The summed E-state index contributed by atoms with van der Waals surface area (Å²) in [5.41, 5.74) is 2.37. The molecule has 0 fully saturated rings. The average Bonchev–Trinajstić information content (AvgIpc) is 2.46. The lowest BCUT2D eigenvalue weighted by Crippen LogP contribution is -1.93. The zero-order valence-electron chi connectivity index (χ0n) is 10.3. The highest BCUT2D eigenvalue weighted by Crippen LogP contribution is 2.34. The van der Waals surface area contributed by atoms with Crippen molar-refractivity contribution >= 4 is 6.29 Å².